The zero-order valence-electron chi connectivity index (χ0n) is 11.1. The molecule has 0 aliphatic heterocycles. The van der Waals surface area contributed by atoms with Gasteiger partial charge in [0.1, 0.15) is 11.6 Å². The molecule has 1 amide bonds. The van der Waals surface area contributed by atoms with Crippen molar-refractivity contribution in [2.24, 2.45) is 0 Å². The smallest absolute Gasteiger partial charge is 0.265 e. The SMILES string of the molecule is CC(Oc1ccc(Cl)cc1)C(=O)Nc1ccc(F)c(Cl)c1. The number of halogens is 3. The van der Waals surface area contributed by atoms with Crippen molar-refractivity contribution in [2.45, 2.75) is 13.0 Å². The molecule has 21 heavy (non-hydrogen) atoms. The zero-order valence-corrected chi connectivity index (χ0v) is 12.6. The summed E-state index contributed by atoms with van der Waals surface area (Å²) in [6.45, 7) is 1.61. The second-order valence-corrected chi connectivity index (χ2v) is 5.18. The highest BCUT2D eigenvalue weighted by molar-refractivity contribution is 6.31. The lowest BCUT2D eigenvalue weighted by atomic mass is 10.3. The largest absolute Gasteiger partial charge is 0.481 e. The van der Waals surface area contributed by atoms with E-state index in [4.69, 9.17) is 27.9 Å². The molecule has 2 rings (SSSR count). The number of ether oxygens (including phenoxy) is 1. The minimum atomic E-state index is -0.727. The summed E-state index contributed by atoms with van der Waals surface area (Å²) in [4.78, 5) is 12.0. The second kappa shape index (κ2) is 6.78. The summed E-state index contributed by atoms with van der Waals surface area (Å²) in [5.74, 6) is -0.382. The molecule has 0 bridgehead atoms. The fourth-order valence-corrected chi connectivity index (χ4v) is 1.90. The molecular weight excluding hydrogens is 316 g/mol. The Labute approximate surface area is 131 Å². The molecule has 2 aromatic carbocycles. The molecule has 0 fully saturated rings. The quantitative estimate of drug-likeness (QED) is 0.895. The Balaban J connectivity index is 1.98. The number of carbonyl (C=O) groups excluding carboxylic acids is 1. The van der Waals surface area contributed by atoms with Crippen LogP contribution in [0.1, 0.15) is 6.92 Å². The van der Waals surface area contributed by atoms with Crippen molar-refractivity contribution in [1.82, 2.24) is 0 Å². The van der Waals surface area contributed by atoms with Crippen LogP contribution in [0.15, 0.2) is 42.5 Å². The van der Waals surface area contributed by atoms with E-state index < -0.39 is 11.9 Å². The first-order chi connectivity index (χ1) is 9.95. The number of anilines is 1. The van der Waals surface area contributed by atoms with Crippen molar-refractivity contribution in [1.29, 1.82) is 0 Å². The molecular formula is C15H12Cl2FNO2. The highest BCUT2D eigenvalue weighted by Gasteiger charge is 2.15. The molecule has 0 heterocycles. The summed E-state index contributed by atoms with van der Waals surface area (Å²) in [5.41, 5.74) is 0.401. The van der Waals surface area contributed by atoms with Crippen LogP contribution in [0.5, 0.6) is 5.75 Å². The second-order valence-electron chi connectivity index (χ2n) is 4.33. The molecule has 110 valence electrons. The van der Waals surface area contributed by atoms with Crippen molar-refractivity contribution >= 4 is 34.8 Å². The number of rotatable bonds is 4. The van der Waals surface area contributed by atoms with Crippen LogP contribution in [0.2, 0.25) is 10.0 Å². The van der Waals surface area contributed by atoms with Gasteiger partial charge in [0.25, 0.3) is 5.91 Å². The Morgan fingerprint density at radius 2 is 1.86 bits per heavy atom. The molecule has 0 aromatic heterocycles. The Kier molecular flexibility index (Phi) is 5.04. The van der Waals surface area contributed by atoms with E-state index in [1.54, 1.807) is 31.2 Å². The van der Waals surface area contributed by atoms with Crippen LogP contribution in [-0.4, -0.2) is 12.0 Å². The topological polar surface area (TPSA) is 38.3 Å². The van der Waals surface area contributed by atoms with E-state index in [1.807, 2.05) is 0 Å². The van der Waals surface area contributed by atoms with E-state index in [1.165, 1.54) is 18.2 Å². The molecule has 1 unspecified atom stereocenters. The highest BCUT2D eigenvalue weighted by Crippen LogP contribution is 2.20. The van der Waals surface area contributed by atoms with Gasteiger partial charge in [-0.05, 0) is 49.4 Å². The van der Waals surface area contributed by atoms with Gasteiger partial charge < -0.3 is 10.1 Å². The first-order valence-electron chi connectivity index (χ1n) is 6.14. The van der Waals surface area contributed by atoms with Crippen LogP contribution < -0.4 is 10.1 Å². The van der Waals surface area contributed by atoms with Crippen LogP contribution in [0.3, 0.4) is 0 Å². The van der Waals surface area contributed by atoms with Gasteiger partial charge in [-0.25, -0.2) is 4.39 Å². The van der Waals surface area contributed by atoms with Gasteiger partial charge in [0, 0.05) is 10.7 Å². The van der Waals surface area contributed by atoms with Gasteiger partial charge in [0.05, 0.1) is 5.02 Å². The minimum absolute atomic E-state index is 0.0564. The van der Waals surface area contributed by atoms with Gasteiger partial charge in [-0.3, -0.25) is 4.79 Å². The molecule has 0 aliphatic rings. The lowest BCUT2D eigenvalue weighted by molar-refractivity contribution is -0.122. The summed E-state index contributed by atoms with van der Waals surface area (Å²) in [5, 5.41) is 3.13. The lowest BCUT2D eigenvalue weighted by Crippen LogP contribution is -2.30. The van der Waals surface area contributed by atoms with Crippen molar-refractivity contribution in [3.63, 3.8) is 0 Å². The number of nitrogens with one attached hydrogen (secondary N) is 1. The number of amides is 1. The number of hydrogen-bond donors (Lipinski definition) is 1. The van der Waals surface area contributed by atoms with Crippen LogP contribution in [-0.2, 0) is 4.79 Å². The van der Waals surface area contributed by atoms with E-state index in [9.17, 15) is 9.18 Å². The van der Waals surface area contributed by atoms with Gasteiger partial charge in [0.15, 0.2) is 6.10 Å². The van der Waals surface area contributed by atoms with Gasteiger partial charge >= 0.3 is 0 Å². The van der Waals surface area contributed by atoms with Crippen LogP contribution >= 0.6 is 23.2 Å². The normalized spacial score (nSPS) is 11.8. The third-order valence-electron chi connectivity index (χ3n) is 2.68. The van der Waals surface area contributed by atoms with Crippen LogP contribution in [0, 0.1) is 5.82 Å². The van der Waals surface area contributed by atoms with Gasteiger partial charge in [0.2, 0.25) is 0 Å². The maximum absolute atomic E-state index is 13.0. The standard InChI is InChI=1S/C15H12Cl2FNO2/c1-9(21-12-5-2-10(16)3-6-12)15(20)19-11-4-7-14(18)13(17)8-11/h2-9H,1H3,(H,19,20). The van der Waals surface area contributed by atoms with Gasteiger partial charge in [-0.2, -0.15) is 0 Å². The summed E-state index contributed by atoms with van der Waals surface area (Å²) in [6.07, 6.45) is -0.727. The maximum atomic E-state index is 13.0. The van der Waals surface area contributed by atoms with Crippen LogP contribution in [0.25, 0.3) is 0 Å². The summed E-state index contributed by atoms with van der Waals surface area (Å²) >= 11 is 11.4. The molecule has 0 radical (unpaired) electrons. The highest BCUT2D eigenvalue weighted by atomic mass is 35.5. The molecule has 1 atom stereocenters. The maximum Gasteiger partial charge on any atom is 0.265 e. The van der Waals surface area contributed by atoms with Gasteiger partial charge in [-0.15, -0.1) is 0 Å². The van der Waals surface area contributed by atoms with E-state index in [-0.39, 0.29) is 10.9 Å². The summed E-state index contributed by atoms with van der Waals surface area (Å²) in [7, 11) is 0. The Morgan fingerprint density at radius 1 is 1.19 bits per heavy atom. The first kappa shape index (κ1) is 15.6. The molecule has 2 aromatic rings. The van der Waals surface area contributed by atoms with E-state index in [0.717, 1.165) is 0 Å². The Bertz CT molecular complexity index is 647. The summed E-state index contributed by atoms with van der Waals surface area (Å²) in [6, 6.07) is 10.6. The Morgan fingerprint density at radius 3 is 2.48 bits per heavy atom. The average molecular weight is 328 g/mol. The third kappa shape index (κ3) is 4.34. The van der Waals surface area contributed by atoms with Gasteiger partial charge in [-0.1, -0.05) is 23.2 Å². The van der Waals surface area contributed by atoms with E-state index in [2.05, 4.69) is 5.32 Å². The predicted molar refractivity (Wildman–Crippen MR) is 81.6 cm³/mol. The van der Waals surface area contributed by atoms with E-state index in [0.29, 0.717) is 16.5 Å². The number of benzene rings is 2. The Hall–Kier alpha value is -1.78. The predicted octanol–water partition coefficient (Wildman–Crippen LogP) is 4.54. The zero-order chi connectivity index (χ0) is 15.4. The number of carbonyl (C=O) groups is 1. The van der Waals surface area contributed by atoms with E-state index >= 15 is 0 Å². The summed E-state index contributed by atoms with van der Waals surface area (Å²) < 4.78 is 18.5. The monoisotopic (exact) mass is 327 g/mol. The lowest BCUT2D eigenvalue weighted by Gasteiger charge is -2.15. The molecule has 6 heteroatoms. The molecule has 3 nitrogen and oxygen atoms in total. The molecule has 0 spiro atoms. The average Bonchev–Trinajstić information content (AvgIpc) is 2.45. The fraction of sp³-hybridized carbons (Fsp3) is 0.133. The van der Waals surface area contributed by atoms with Crippen LogP contribution in [0.4, 0.5) is 10.1 Å². The molecule has 0 aliphatic carbocycles. The third-order valence-corrected chi connectivity index (χ3v) is 3.22. The van der Waals surface area contributed by atoms with Crippen molar-refractivity contribution in [2.75, 3.05) is 5.32 Å². The van der Waals surface area contributed by atoms with Crippen molar-refractivity contribution < 1.29 is 13.9 Å². The number of hydrogen-bond acceptors (Lipinski definition) is 2. The first-order valence-corrected chi connectivity index (χ1v) is 6.89. The van der Waals surface area contributed by atoms with Crippen molar-refractivity contribution in [3.8, 4) is 5.75 Å². The fourth-order valence-electron chi connectivity index (χ4n) is 1.59. The molecule has 0 saturated carbocycles. The minimum Gasteiger partial charge on any atom is -0.481 e. The van der Waals surface area contributed by atoms with Crippen molar-refractivity contribution in [3.05, 3.63) is 58.3 Å². The molecule has 0 saturated heterocycles. The molecule has 1 N–H and O–H groups in total.